The van der Waals surface area contributed by atoms with E-state index in [0.717, 1.165) is 66.9 Å². The van der Waals surface area contributed by atoms with Gasteiger partial charge in [0.15, 0.2) is 5.66 Å². The van der Waals surface area contributed by atoms with Crippen molar-refractivity contribution in [2.75, 3.05) is 72.0 Å². The van der Waals surface area contributed by atoms with E-state index in [0.29, 0.717) is 50.9 Å². The number of fused-ring (bicyclic) bond motifs is 1. The third-order valence-electron chi connectivity index (χ3n) is 9.22. The maximum absolute atomic E-state index is 14.6. The van der Waals surface area contributed by atoms with E-state index in [1.165, 1.54) is 0 Å². The topological polar surface area (TPSA) is 96.5 Å². The van der Waals surface area contributed by atoms with E-state index in [2.05, 4.69) is 27.8 Å². The predicted molar refractivity (Wildman–Crippen MR) is 155 cm³/mol. The van der Waals surface area contributed by atoms with Crippen LogP contribution in [-0.4, -0.2) is 93.4 Å². The molecule has 9 nitrogen and oxygen atoms in total. The fraction of sp³-hybridized carbons (Fsp3) is 0.655. The first-order valence-corrected chi connectivity index (χ1v) is 14.7. The highest BCUT2D eigenvalue weighted by atomic mass is 19.3. The van der Waals surface area contributed by atoms with Crippen molar-refractivity contribution in [1.29, 1.82) is 0 Å². The molecule has 6 N–H and O–H groups in total. The van der Waals surface area contributed by atoms with Gasteiger partial charge in [-0.2, -0.15) is 0 Å². The van der Waals surface area contributed by atoms with Crippen molar-refractivity contribution < 1.29 is 19.2 Å². The maximum atomic E-state index is 14.6. The molecule has 0 bridgehead atoms. The molecule has 1 aromatic carbocycles. The Hall–Kier alpha value is -2.28. The van der Waals surface area contributed by atoms with Crippen molar-refractivity contribution in [1.82, 2.24) is 26.0 Å². The van der Waals surface area contributed by atoms with Gasteiger partial charge in [-0.05, 0) is 74.7 Å². The standard InChI is InChI=1S/C29H46F2N8O/c1-29(32,25-18-39(40,19-33-2)13-9-26(25)35-22-7-10-34-11-8-22)38-12-5-6-20-14-23(21-16-36(3)37(4)17-21)24(28(30)31)15-27(20)38/h14-16,22,28,33-35H,5-13,17-19,32H2,1-4H3/p+1. The van der Waals surface area contributed by atoms with Gasteiger partial charge in [-0.3, -0.25) is 5.32 Å². The van der Waals surface area contributed by atoms with E-state index in [-0.39, 0.29) is 10.2 Å². The molecule has 0 radical (unpaired) electrons. The van der Waals surface area contributed by atoms with Crippen molar-refractivity contribution in [3.8, 4) is 0 Å². The number of halogens is 2. The lowest BCUT2D eigenvalue weighted by molar-refractivity contribution is -0.881. The number of nitrogens with zero attached hydrogens (tertiary/aromatic N) is 4. The minimum Gasteiger partial charge on any atom is -0.632 e. The Morgan fingerprint density at radius 3 is 2.62 bits per heavy atom. The lowest BCUT2D eigenvalue weighted by atomic mass is 9.87. The lowest BCUT2D eigenvalue weighted by Gasteiger charge is -2.51. The molecular formula is C29H47F2N8O+. The lowest BCUT2D eigenvalue weighted by Crippen LogP contribution is -2.82. The van der Waals surface area contributed by atoms with Gasteiger partial charge in [-0.15, -0.1) is 0 Å². The van der Waals surface area contributed by atoms with Gasteiger partial charge in [0.25, 0.3) is 6.43 Å². The summed E-state index contributed by atoms with van der Waals surface area (Å²) in [6, 6.07) is 4.04. The molecule has 222 valence electrons. The van der Waals surface area contributed by atoms with Crippen molar-refractivity contribution in [2.24, 2.45) is 0 Å². The average molecular weight is 562 g/mol. The van der Waals surface area contributed by atoms with Crippen LogP contribution in [0.2, 0.25) is 0 Å². The molecule has 1 fully saturated rings. The van der Waals surface area contributed by atoms with Crippen molar-refractivity contribution in [3.63, 3.8) is 0 Å². The second-order valence-corrected chi connectivity index (χ2v) is 12.3. The second kappa shape index (κ2) is 11.5. The third kappa shape index (κ3) is 5.73. The molecule has 0 aromatic heterocycles. The molecule has 40 heavy (non-hydrogen) atoms. The number of likely N-dealkylation sites (N-methyl/N-ethyl adjacent to an activating group) is 1. The molecule has 0 saturated carbocycles. The second-order valence-electron chi connectivity index (χ2n) is 12.3. The van der Waals surface area contributed by atoms with Crippen molar-refractivity contribution in [3.05, 3.63) is 51.5 Å². The van der Waals surface area contributed by atoms with E-state index >= 15 is 0 Å². The van der Waals surface area contributed by atoms with Gasteiger partial charge in [0.05, 0.1) is 12.1 Å². The molecule has 0 amide bonds. The van der Waals surface area contributed by atoms with Crippen LogP contribution in [0.25, 0.3) is 5.57 Å². The van der Waals surface area contributed by atoms with Gasteiger partial charge in [0, 0.05) is 69.7 Å². The zero-order valence-electron chi connectivity index (χ0n) is 24.5. The summed E-state index contributed by atoms with van der Waals surface area (Å²) < 4.78 is 28.8. The Morgan fingerprint density at radius 2 is 1.98 bits per heavy atom. The van der Waals surface area contributed by atoms with Crippen LogP contribution in [0.3, 0.4) is 0 Å². The van der Waals surface area contributed by atoms with Gasteiger partial charge >= 0.3 is 0 Å². The molecule has 4 aliphatic rings. The van der Waals surface area contributed by atoms with E-state index in [1.807, 2.05) is 43.4 Å². The van der Waals surface area contributed by atoms with Gasteiger partial charge < -0.3 is 36.1 Å². The summed E-state index contributed by atoms with van der Waals surface area (Å²) in [7, 11) is 5.70. The molecule has 5 rings (SSSR count). The van der Waals surface area contributed by atoms with Gasteiger partial charge in [-0.25, -0.2) is 13.8 Å². The molecule has 4 aliphatic heterocycles. The number of aryl methyl sites for hydroxylation is 1. The highest BCUT2D eigenvalue weighted by Gasteiger charge is 2.45. The number of hydrogen-bond donors (Lipinski definition) is 4. The van der Waals surface area contributed by atoms with Crippen molar-refractivity contribution >= 4 is 11.3 Å². The van der Waals surface area contributed by atoms with Crippen LogP contribution in [0.4, 0.5) is 14.5 Å². The van der Waals surface area contributed by atoms with E-state index in [9.17, 15) is 14.0 Å². The number of nitrogens with one attached hydrogen (secondary N) is 3. The number of quaternary nitrogens is 2. The molecule has 1 aromatic rings. The predicted octanol–water partition coefficient (Wildman–Crippen LogP) is 1.96. The van der Waals surface area contributed by atoms with Crippen LogP contribution in [0.5, 0.6) is 0 Å². The van der Waals surface area contributed by atoms with E-state index in [1.54, 1.807) is 6.07 Å². The zero-order chi connectivity index (χ0) is 28.7. The molecule has 4 heterocycles. The normalized spacial score (nSPS) is 26.3. The number of hydrazine groups is 1. The van der Waals surface area contributed by atoms with Gasteiger partial charge in [0.2, 0.25) is 0 Å². The number of anilines is 1. The monoisotopic (exact) mass is 561 g/mol. The Labute approximate surface area is 237 Å². The number of hydrogen-bond acceptors (Lipinski definition) is 7. The molecular weight excluding hydrogens is 514 g/mol. The smallest absolute Gasteiger partial charge is 0.264 e. The fourth-order valence-corrected chi connectivity index (χ4v) is 6.88. The Kier molecular flexibility index (Phi) is 8.43. The molecule has 2 atom stereocenters. The summed E-state index contributed by atoms with van der Waals surface area (Å²) in [5.74, 6) is 0. The highest BCUT2D eigenvalue weighted by Crippen LogP contribution is 2.41. The molecule has 1 saturated heterocycles. The average Bonchev–Trinajstić information content (AvgIpc) is 3.27. The number of piperidine rings is 1. The van der Waals surface area contributed by atoms with Crippen LogP contribution in [0, 0.1) is 5.21 Å². The number of benzene rings is 1. The van der Waals surface area contributed by atoms with E-state index in [4.69, 9.17) is 5.73 Å². The summed E-state index contributed by atoms with van der Waals surface area (Å²) in [4.78, 5) is 2.19. The summed E-state index contributed by atoms with van der Waals surface area (Å²) in [5, 5.41) is 28.0. The quantitative estimate of drug-likeness (QED) is 0.285. The maximum Gasteiger partial charge on any atom is 0.264 e. The molecule has 11 heteroatoms. The minimum absolute atomic E-state index is 0.0613. The Morgan fingerprint density at radius 1 is 1.23 bits per heavy atom. The number of rotatable bonds is 8. The highest BCUT2D eigenvalue weighted by molar-refractivity contribution is 5.75. The zero-order valence-corrected chi connectivity index (χ0v) is 24.5. The third-order valence-corrected chi connectivity index (χ3v) is 9.22. The molecule has 0 aliphatic carbocycles. The van der Waals surface area contributed by atoms with Gasteiger partial charge in [0.1, 0.15) is 13.2 Å². The van der Waals surface area contributed by atoms with Crippen LogP contribution in [0.15, 0.2) is 29.6 Å². The Bertz CT molecular complexity index is 1150. The minimum atomic E-state index is -2.59. The first kappa shape index (κ1) is 29.2. The largest absolute Gasteiger partial charge is 0.632 e. The van der Waals surface area contributed by atoms with Crippen LogP contribution in [0.1, 0.15) is 55.7 Å². The van der Waals surface area contributed by atoms with Gasteiger partial charge in [-0.1, -0.05) is 0 Å². The van der Waals surface area contributed by atoms with Crippen LogP contribution >= 0.6 is 0 Å². The van der Waals surface area contributed by atoms with E-state index < -0.39 is 12.1 Å². The summed E-state index contributed by atoms with van der Waals surface area (Å²) >= 11 is 0. The summed E-state index contributed by atoms with van der Waals surface area (Å²) in [6.45, 7) is 6.47. The molecule has 2 unspecified atom stereocenters. The molecule has 0 spiro atoms. The first-order valence-electron chi connectivity index (χ1n) is 14.7. The SMILES string of the molecule is CNC[N+]1([O-])CCC(NC2CCNCC2)=C(C(C)([NH3+])N2CCCc3cc(C4=CN(C)N(C)C4)c(C(F)F)cc32)C1. The Balaban J connectivity index is 1.55. The number of alkyl halides is 2. The summed E-state index contributed by atoms with van der Waals surface area (Å²) in [6.07, 6.45) is 3.81. The number of hydroxylamine groups is 3. The van der Waals surface area contributed by atoms with Crippen LogP contribution in [-0.2, 0) is 6.42 Å². The summed E-state index contributed by atoms with van der Waals surface area (Å²) in [5.41, 5.74) is 9.55. The van der Waals surface area contributed by atoms with Crippen LogP contribution < -0.4 is 26.6 Å². The fourth-order valence-electron chi connectivity index (χ4n) is 6.88. The first-order chi connectivity index (χ1) is 19.0. The van der Waals surface area contributed by atoms with Crippen molar-refractivity contribution in [2.45, 2.75) is 57.2 Å².